The summed E-state index contributed by atoms with van der Waals surface area (Å²) < 4.78 is 19.2. The molecule has 0 saturated carbocycles. The second-order valence-corrected chi connectivity index (χ2v) is 3.80. The Kier molecular flexibility index (Phi) is 2.15. The third-order valence-electron chi connectivity index (χ3n) is 1.91. The van der Waals surface area contributed by atoms with E-state index in [1.165, 1.54) is 13.2 Å². The van der Waals surface area contributed by atoms with Crippen LogP contribution in [0.2, 0.25) is 0 Å². The zero-order valence-corrected chi connectivity index (χ0v) is 9.05. The molecule has 0 atom stereocenters. The van der Waals surface area contributed by atoms with Crippen molar-refractivity contribution in [3.05, 3.63) is 27.7 Å². The molecule has 0 aliphatic heterocycles. The number of halogens is 2. The van der Waals surface area contributed by atoms with Gasteiger partial charge in [0.2, 0.25) is 0 Å². The number of rotatable bonds is 1. The molecule has 2 rings (SSSR count). The van der Waals surface area contributed by atoms with Gasteiger partial charge in [-0.3, -0.25) is 0 Å². The molecule has 0 spiro atoms. The van der Waals surface area contributed by atoms with Crippen molar-refractivity contribution in [3.8, 4) is 5.75 Å². The highest BCUT2D eigenvalue weighted by Crippen LogP contribution is 2.30. The predicted octanol–water partition coefficient (Wildman–Crippen LogP) is 2.92. The third kappa shape index (κ3) is 1.29. The molecule has 0 unspecified atom stereocenters. The minimum atomic E-state index is -0.340. The lowest BCUT2D eigenvalue weighted by atomic mass is 10.2. The minimum absolute atomic E-state index is 0.278. The molecule has 1 aromatic heterocycles. The van der Waals surface area contributed by atoms with Gasteiger partial charge < -0.3 is 9.72 Å². The van der Waals surface area contributed by atoms with Gasteiger partial charge in [0.15, 0.2) is 11.6 Å². The van der Waals surface area contributed by atoms with Crippen LogP contribution >= 0.6 is 22.6 Å². The fraction of sp³-hybridized carbons (Fsp3) is 0.111. The lowest BCUT2D eigenvalue weighted by molar-refractivity contribution is 0.391. The zero-order valence-electron chi connectivity index (χ0n) is 6.90. The van der Waals surface area contributed by atoms with Crippen LogP contribution in [0.5, 0.6) is 5.75 Å². The Morgan fingerprint density at radius 3 is 2.92 bits per heavy atom. The van der Waals surface area contributed by atoms with Gasteiger partial charge in [-0.2, -0.15) is 0 Å². The van der Waals surface area contributed by atoms with Crippen molar-refractivity contribution in [2.75, 3.05) is 7.11 Å². The molecular weight excluding hydrogens is 284 g/mol. The summed E-state index contributed by atoms with van der Waals surface area (Å²) in [5.41, 5.74) is 0.715. The van der Waals surface area contributed by atoms with Crippen molar-refractivity contribution < 1.29 is 9.13 Å². The van der Waals surface area contributed by atoms with Crippen LogP contribution in [-0.4, -0.2) is 12.1 Å². The molecule has 0 bridgehead atoms. The van der Waals surface area contributed by atoms with Crippen LogP contribution < -0.4 is 4.74 Å². The normalized spacial score (nSPS) is 10.7. The van der Waals surface area contributed by atoms with E-state index in [2.05, 4.69) is 27.6 Å². The maximum atomic E-state index is 13.2. The Balaban J connectivity index is 2.85. The van der Waals surface area contributed by atoms with E-state index < -0.39 is 0 Å². The summed E-state index contributed by atoms with van der Waals surface area (Å²) in [6.45, 7) is 0. The average Bonchev–Trinajstić information content (AvgIpc) is 2.48. The Labute approximate surface area is 88.2 Å². The van der Waals surface area contributed by atoms with E-state index in [9.17, 15) is 4.39 Å². The summed E-state index contributed by atoms with van der Waals surface area (Å²) in [5.74, 6) is -0.0614. The van der Waals surface area contributed by atoms with E-state index >= 15 is 0 Å². The van der Waals surface area contributed by atoms with Crippen LogP contribution in [0.1, 0.15) is 0 Å². The second kappa shape index (κ2) is 3.17. The highest BCUT2D eigenvalue weighted by molar-refractivity contribution is 14.1. The van der Waals surface area contributed by atoms with Gasteiger partial charge >= 0.3 is 0 Å². The molecule has 1 N–H and O–H groups in total. The third-order valence-corrected chi connectivity index (χ3v) is 2.81. The average molecular weight is 291 g/mol. The summed E-state index contributed by atoms with van der Waals surface area (Å²) >= 11 is 2.19. The summed E-state index contributed by atoms with van der Waals surface area (Å²) in [5, 5.41) is 0.985. The lowest BCUT2D eigenvalue weighted by Gasteiger charge is -2.02. The Bertz CT molecular complexity index is 452. The van der Waals surface area contributed by atoms with E-state index in [0.717, 1.165) is 8.96 Å². The van der Waals surface area contributed by atoms with Crippen LogP contribution in [0.3, 0.4) is 0 Å². The number of aromatic amines is 1. The highest BCUT2D eigenvalue weighted by atomic mass is 127. The number of nitrogens with one attached hydrogen (secondary N) is 1. The Hall–Kier alpha value is -0.780. The molecule has 68 valence electrons. The van der Waals surface area contributed by atoms with E-state index in [4.69, 9.17) is 4.74 Å². The van der Waals surface area contributed by atoms with Gasteiger partial charge in [-0.15, -0.1) is 0 Å². The topological polar surface area (TPSA) is 25.0 Å². The van der Waals surface area contributed by atoms with E-state index in [1.54, 1.807) is 6.07 Å². The fourth-order valence-corrected chi connectivity index (χ4v) is 1.92. The van der Waals surface area contributed by atoms with Crippen molar-refractivity contribution >= 4 is 33.5 Å². The van der Waals surface area contributed by atoms with Gasteiger partial charge in [-0.1, -0.05) is 0 Å². The van der Waals surface area contributed by atoms with Crippen molar-refractivity contribution in [2.45, 2.75) is 0 Å². The van der Waals surface area contributed by atoms with Gasteiger partial charge in [-0.25, -0.2) is 4.39 Å². The Morgan fingerprint density at radius 2 is 2.23 bits per heavy atom. The van der Waals surface area contributed by atoms with Crippen molar-refractivity contribution in [1.29, 1.82) is 0 Å². The molecule has 0 saturated heterocycles. The molecule has 0 fully saturated rings. The van der Waals surface area contributed by atoms with Gasteiger partial charge in [0.25, 0.3) is 0 Å². The Morgan fingerprint density at radius 1 is 1.46 bits per heavy atom. The number of hydrogen-bond acceptors (Lipinski definition) is 1. The number of H-pyrrole nitrogens is 1. The largest absolute Gasteiger partial charge is 0.492 e. The van der Waals surface area contributed by atoms with E-state index in [-0.39, 0.29) is 11.6 Å². The number of aromatic nitrogens is 1. The molecule has 1 heterocycles. The highest BCUT2D eigenvalue weighted by Gasteiger charge is 2.10. The molecule has 2 aromatic rings. The lowest BCUT2D eigenvalue weighted by Crippen LogP contribution is -1.88. The van der Waals surface area contributed by atoms with Crippen LogP contribution in [0.15, 0.2) is 18.3 Å². The predicted molar refractivity (Wildman–Crippen MR) is 57.5 cm³/mol. The number of benzene rings is 1. The van der Waals surface area contributed by atoms with Gasteiger partial charge in [-0.05, 0) is 34.7 Å². The van der Waals surface area contributed by atoms with Crippen molar-refractivity contribution in [1.82, 2.24) is 4.98 Å². The molecule has 0 amide bonds. The number of methoxy groups -OCH3 is 1. The molecule has 4 heteroatoms. The van der Waals surface area contributed by atoms with Crippen LogP contribution in [-0.2, 0) is 0 Å². The van der Waals surface area contributed by atoms with Crippen LogP contribution in [0, 0.1) is 9.39 Å². The van der Waals surface area contributed by atoms with Crippen LogP contribution in [0.25, 0.3) is 10.9 Å². The van der Waals surface area contributed by atoms with Gasteiger partial charge in [0.1, 0.15) is 0 Å². The molecule has 0 aliphatic carbocycles. The summed E-state index contributed by atoms with van der Waals surface area (Å²) in [7, 11) is 1.46. The number of ether oxygens (including phenoxy) is 1. The SMILES string of the molecule is COc1c(F)ccc2c(I)c[nH]c12. The molecular formula is C9H7FINO. The number of fused-ring (bicyclic) bond motifs is 1. The molecule has 0 radical (unpaired) electrons. The maximum absolute atomic E-state index is 13.2. The van der Waals surface area contributed by atoms with Gasteiger partial charge in [0.05, 0.1) is 12.6 Å². The standard InChI is InChI=1S/C9H7FINO/c1-13-9-6(10)3-2-5-7(11)4-12-8(5)9/h2-4,12H,1H3. The molecule has 2 nitrogen and oxygen atoms in total. The molecule has 13 heavy (non-hydrogen) atoms. The maximum Gasteiger partial charge on any atom is 0.178 e. The molecule has 0 aliphatic rings. The minimum Gasteiger partial charge on any atom is -0.492 e. The first-order valence-electron chi connectivity index (χ1n) is 3.73. The van der Waals surface area contributed by atoms with Crippen LogP contribution in [0.4, 0.5) is 4.39 Å². The quantitative estimate of drug-likeness (QED) is 0.803. The zero-order chi connectivity index (χ0) is 9.42. The summed E-state index contributed by atoms with van der Waals surface area (Å²) in [6, 6.07) is 3.16. The smallest absolute Gasteiger partial charge is 0.178 e. The first-order valence-corrected chi connectivity index (χ1v) is 4.81. The number of hydrogen-bond donors (Lipinski definition) is 1. The first kappa shape index (κ1) is 8.80. The molecule has 1 aromatic carbocycles. The second-order valence-electron chi connectivity index (χ2n) is 2.64. The summed E-state index contributed by atoms with van der Waals surface area (Å²) in [4.78, 5) is 2.98. The van der Waals surface area contributed by atoms with E-state index in [0.29, 0.717) is 5.52 Å². The fourth-order valence-electron chi connectivity index (χ4n) is 1.31. The first-order chi connectivity index (χ1) is 6.24. The van der Waals surface area contributed by atoms with Crippen molar-refractivity contribution in [3.63, 3.8) is 0 Å². The monoisotopic (exact) mass is 291 g/mol. The van der Waals surface area contributed by atoms with E-state index in [1.807, 2.05) is 6.20 Å². The van der Waals surface area contributed by atoms with Gasteiger partial charge in [0, 0.05) is 15.2 Å². The van der Waals surface area contributed by atoms with Crippen molar-refractivity contribution in [2.24, 2.45) is 0 Å². The summed E-state index contributed by atoms with van der Waals surface area (Å²) in [6.07, 6.45) is 1.83.